The maximum absolute atomic E-state index is 13.0. The molecule has 10 nitrogen and oxygen atoms in total. The number of oxazole rings is 1. The molecule has 1 aliphatic heterocycles. The number of H-pyrrole nitrogens is 2. The Bertz CT molecular complexity index is 1490. The number of nitrogens with zero attached hydrogens (tertiary/aromatic N) is 4. The first-order valence-corrected chi connectivity index (χ1v) is 11.1. The van der Waals surface area contributed by atoms with Crippen molar-refractivity contribution in [1.29, 1.82) is 0 Å². The highest BCUT2D eigenvalue weighted by atomic mass is 16.5. The zero-order chi connectivity index (χ0) is 23.1. The van der Waals surface area contributed by atoms with E-state index in [-0.39, 0.29) is 5.91 Å². The molecule has 0 aliphatic carbocycles. The topological polar surface area (TPSA) is 125 Å². The number of hydrogen-bond donors (Lipinski definition) is 3. The summed E-state index contributed by atoms with van der Waals surface area (Å²) in [4.78, 5) is 27.8. The van der Waals surface area contributed by atoms with Gasteiger partial charge in [-0.2, -0.15) is 5.10 Å². The van der Waals surface area contributed by atoms with Crippen LogP contribution in [0.25, 0.3) is 33.7 Å². The standard InChI is InChI=1S/C24H23N7O3/c1-14-26-18-4-2-3-16(22(18)34-14)24(32)29-20-12-25-30-21(20)23-27-17-6-5-15(11-19(17)28-23)13-31-7-9-33-10-8-31/h2-6,11-12H,7-10,13H2,1H3,(H,25,30)(H,27,28)(H,29,32). The highest BCUT2D eigenvalue weighted by molar-refractivity contribution is 6.11. The van der Waals surface area contributed by atoms with Crippen LogP contribution >= 0.6 is 0 Å². The van der Waals surface area contributed by atoms with Gasteiger partial charge in [-0.3, -0.25) is 14.8 Å². The van der Waals surface area contributed by atoms with Crippen LogP contribution in [0.5, 0.6) is 0 Å². The minimum atomic E-state index is -0.312. The lowest BCUT2D eigenvalue weighted by atomic mass is 10.2. The summed E-state index contributed by atoms with van der Waals surface area (Å²) in [6, 6.07) is 11.5. The molecule has 1 fully saturated rings. The third kappa shape index (κ3) is 3.82. The van der Waals surface area contributed by atoms with Crippen molar-refractivity contribution in [3.8, 4) is 11.5 Å². The number of rotatable bonds is 5. The van der Waals surface area contributed by atoms with Gasteiger partial charge in [0.05, 0.1) is 41.7 Å². The number of aromatic amines is 2. The van der Waals surface area contributed by atoms with Gasteiger partial charge in [0.2, 0.25) is 0 Å². The van der Waals surface area contributed by atoms with E-state index in [1.54, 1.807) is 25.3 Å². The molecule has 1 amide bonds. The number of nitrogens with one attached hydrogen (secondary N) is 3. The minimum Gasteiger partial charge on any atom is -0.440 e. The maximum atomic E-state index is 13.0. The van der Waals surface area contributed by atoms with Crippen molar-refractivity contribution in [2.45, 2.75) is 13.5 Å². The molecule has 0 atom stereocenters. The zero-order valence-corrected chi connectivity index (χ0v) is 18.6. The number of ether oxygens (including phenoxy) is 1. The molecule has 172 valence electrons. The van der Waals surface area contributed by atoms with Gasteiger partial charge in [0.1, 0.15) is 11.2 Å². The molecular weight excluding hydrogens is 434 g/mol. The number of hydrogen-bond acceptors (Lipinski definition) is 7. The molecule has 2 aromatic carbocycles. The van der Waals surface area contributed by atoms with E-state index in [0.29, 0.717) is 39.8 Å². The maximum Gasteiger partial charge on any atom is 0.259 e. The predicted octanol–water partition coefficient (Wildman–Crippen LogP) is 3.49. The molecule has 5 aromatic rings. The van der Waals surface area contributed by atoms with Crippen molar-refractivity contribution in [3.63, 3.8) is 0 Å². The fourth-order valence-corrected chi connectivity index (χ4v) is 4.28. The lowest BCUT2D eigenvalue weighted by molar-refractivity contribution is 0.0342. The zero-order valence-electron chi connectivity index (χ0n) is 18.6. The molecule has 3 aromatic heterocycles. The summed E-state index contributed by atoms with van der Waals surface area (Å²) < 4.78 is 11.1. The van der Waals surface area contributed by atoms with Gasteiger partial charge in [0.25, 0.3) is 5.91 Å². The van der Waals surface area contributed by atoms with E-state index in [1.165, 1.54) is 5.56 Å². The third-order valence-corrected chi connectivity index (χ3v) is 5.95. The van der Waals surface area contributed by atoms with Crippen LogP contribution in [0.4, 0.5) is 5.69 Å². The molecule has 10 heteroatoms. The minimum absolute atomic E-state index is 0.312. The monoisotopic (exact) mass is 457 g/mol. The molecule has 6 rings (SSSR count). The number of morpholine rings is 1. The molecule has 1 saturated heterocycles. The van der Waals surface area contributed by atoms with Crippen LogP contribution in [-0.2, 0) is 11.3 Å². The number of aryl methyl sites for hydroxylation is 1. The first kappa shape index (κ1) is 20.6. The Balaban J connectivity index is 1.26. The average Bonchev–Trinajstić information content (AvgIpc) is 3.56. The number of carbonyl (C=O) groups excluding carboxylic acids is 1. The first-order chi connectivity index (χ1) is 16.6. The number of imidazole rings is 1. The van der Waals surface area contributed by atoms with Crippen LogP contribution in [0.15, 0.2) is 47.0 Å². The van der Waals surface area contributed by atoms with E-state index >= 15 is 0 Å². The Kier molecular flexibility index (Phi) is 5.08. The van der Waals surface area contributed by atoms with Crippen molar-refractivity contribution in [3.05, 3.63) is 59.6 Å². The van der Waals surface area contributed by atoms with Gasteiger partial charge in [0, 0.05) is 26.6 Å². The summed E-state index contributed by atoms with van der Waals surface area (Å²) in [6.07, 6.45) is 1.57. The van der Waals surface area contributed by atoms with Gasteiger partial charge in [0.15, 0.2) is 17.3 Å². The SMILES string of the molecule is Cc1nc2cccc(C(=O)Nc3cn[nH]c3-c3nc4ccc(CN5CCOCC5)cc4[nH]3)c2o1. The normalized spacial score (nSPS) is 14.7. The molecule has 0 unspecified atom stereocenters. The molecular formula is C24H23N7O3. The fourth-order valence-electron chi connectivity index (χ4n) is 4.28. The Hall–Kier alpha value is -4.02. The van der Waals surface area contributed by atoms with Crippen molar-refractivity contribution < 1.29 is 13.9 Å². The summed E-state index contributed by atoms with van der Waals surface area (Å²) in [5, 5.41) is 9.99. The Labute approximate surface area is 194 Å². The highest BCUT2D eigenvalue weighted by Crippen LogP contribution is 2.27. The van der Waals surface area contributed by atoms with Gasteiger partial charge in [-0.1, -0.05) is 12.1 Å². The van der Waals surface area contributed by atoms with Crippen molar-refractivity contribution >= 4 is 33.7 Å². The van der Waals surface area contributed by atoms with E-state index < -0.39 is 0 Å². The quantitative estimate of drug-likeness (QED) is 0.369. The van der Waals surface area contributed by atoms with Crippen LogP contribution in [0.2, 0.25) is 0 Å². The van der Waals surface area contributed by atoms with Crippen molar-refractivity contribution in [1.82, 2.24) is 30.0 Å². The number of aromatic nitrogens is 5. The van der Waals surface area contributed by atoms with Crippen molar-refractivity contribution in [2.24, 2.45) is 0 Å². The van der Waals surface area contributed by atoms with Gasteiger partial charge >= 0.3 is 0 Å². The van der Waals surface area contributed by atoms with E-state index in [2.05, 4.69) is 42.5 Å². The van der Waals surface area contributed by atoms with Crippen molar-refractivity contribution in [2.75, 3.05) is 31.6 Å². The average molecular weight is 457 g/mol. The lowest BCUT2D eigenvalue weighted by Crippen LogP contribution is -2.35. The third-order valence-electron chi connectivity index (χ3n) is 5.95. The van der Waals surface area contributed by atoms with Gasteiger partial charge in [-0.15, -0.1) is 0 Å². The van der Waals surface area contributed by atoms with Gasteiger partial charge in [-0.05, 0) is 29.8 Å². The Morgan fingerprint density at radius 3 is 2.91 bits per heavy atom. The van der Waals surface area contributed by atoms with E-state index in [0.717, 1.165) is 43.9 Å². The molecule has 3 N–H and O–H groups in total. The van der Waals surface area contributed by atoms with E-state index in [1.807, 2.05) is 12.1 Å². The summed E-state index contributed by atoms with van der Waals surface area (Å²) in [6.45, 7) is 6.04. The second-order valence-electron chi connectivity index (χ2n) is 8.32. The summed E-state index contributed by atoms with van der Waals surface area (Å²) >= 11 is 0. The molecule has 0 spiro atoms. The lowest BCUT2D eigenvalue weighted by Gasteiger charge is -2.26. The number of carbonyl (C=O) groups is 1. The number of benzene rings is 2. The molecule has 0 saturated carbocycles. The molecule has 34 heavy (non-hydrogen) atoms. The number of anilines is 1. The van der Waals surface area contributed by atoms with Gasteiger partial charge < -0.3 is 19.5 Å². The van der Waals surface area contributed by atoms with Gasteiger partial charge in [-0.25, -0.2) is 9.97 Å². The second kappa shape index (κ2) is 8.40. The second-order valence-corrected chi connectivity index (χ2v) is 8.32. The summed E-state index contributed by atoms with van der Waals surface area (Å²) in [5.41, 5.74) is 5.60. The Morgan fingerprint density at radius 2 is 2.03 bits per heavy atom. The van der Waals surface area contributed by atoms with E-state index in [9.17, 15) is 4.79 Å². The van der Waals surface area contributed by atoms with E-state index in [4.69, 9.17) is 14.1 Å². The molecule has 0 radical (unpaired) electrons. The van der Waals surface area contributed by atoms with Crippen LogP contribution in [0.1, 0.15) is 21.8 Å². The summed E-state index contributed by atoms with van der Waals surface area (Å²) in [5.74, 6) is 0.794. The first-order valence-electron chi connectivity index (χ1n) is 11.1. The number of fused-ring (bicyclic) bond motifs is 2. The number of amides is 1. The fraction of sp³-hybridized carbons (Fsp3) is 0.250. The molecule has 4 heterocycles. The molecule has 0 bridgehead atoms. The van der Waals surface area contributed by atoms with Crippen LogP contribution < -0.4 is 5.32 Å². The van der Waals surface area contributed by atoms with Crippen LogP contribution in [0, 0.1) is 6.92 Å². The Morgan fingerprint density at radius 1 is 1.15 bits per heavy atom. The predicted molar refractivity (Wildman–Crippen MR) is 126 cm³/mol. The molecule has 1 aliphatic rings. The van der Waals surface area contributed by atoms with Crippen LogP contribution in [0.3, 0.4) is 0 Å². The number of para-hydroxylation sites is 1. The smallest absolute Gasteiger partial charge is 0.259 e. The summed E-state index contributed by atoms with van der Waals surface area (Å²) in [7, 11) is 0. The highest BCUT2D eigenvalue weighted by Gasteiger charge is 2.19. The largest absolute Gasteiger partial charge is 0.440 e. The van der Waals surface area contributed by atoms with Crippen LogP contribution in [-0.4, -0.2) is 62.3 Å².